The van der Waals surface area contributed by atoms with E-state index >= 15 is 0 Å². The topological polar surface area (TPSA) is 18.5 Å². The Kier molecular flexibility index (Phi) is 3.92. The zero-order chi connectivity index (χ0) is 12.5. The first-order valence-corrected chi connectivity index (χ1v) is 7.98. The molecule has 18 heavy (non-hydrogen) atoms. The van der Waals surface area contributed by atoms with E-state index in [2.05, 4.69) is 29.0 Å². The van der Waals surface area contributed by atoms with E-state index < -0.39 is 0 Å². The van der Waals surface area contributed by atoms with E-state index in [-0.39, 0.29) is 0 Å². The van der Waals surface area contributed by atoms with Crippen molar-refractivity contribution in [1.82, 2.24) is 15.1 Å². The van der Waals surface area contributed by atoms with Gasteiger partial charge in [0.05, 0.1) is 0 Å². The third-order valence-corrected chi connectivity index (χ3v) is 5.06. The van der Waals surface area contributed by atoms with Crippen LogP contribution in [0.15, 0.2) is 0 Å². The first-order chi connectivity index (χ1) is 8.74. The SMILES string of the molecule is CC(C)NC1CCCN(C2CCN3CCCC23)C1. The summed E-state index contributed by atoms with van der Waals surface area (Å²) in [5.41, 5.74) is 0. The molecule has 3 fully saturated rings. The Bertz CT molecular complexity index is 279. The average molecular weight is 251 g/mol. The van der Waals surface area contributed by atoms with Crippen LogP contribution in [-0.2, 0) is 0 Å². The summed E-state index contributed by atoms with van der Waals surface area (Å²) >= 11 is 0. The van der Waals surface area contributed by atoms with E-state index in [4.69, 9.17) is 0 Å². The molecule has 3 saturated heterocycles. The largest absolute Gasteiger partial charge is 0.311 e. The Labute approximate surface area is 112 Å². The van der Waals surface area contributed by atoms with Crippen LogP contribution in [-0.4, -0.2) is 60.1 Å². The molecule has 0 spiro atoms. The van der Waals surface area contributed by atoms with Gasteiger partial charge in [-0.25, -0.2) is 0 Å². The minimum Gasteiger partial charge on any atom is -0.311 e. The number of hydrogen-bond acceptors (Lipinski definition) is 3. The van der Waals surface area contributed by atoms with E-state index in [1.165, 1.54) is 58.3 Å². The van der Waals surface area contributed by atoms with Gasteiger partial charge < -0.3 is 5.32 Å². The zero-order valence-corrected chi connectivity index (χ0v) is 12.1. The number of nitrogens with one attached hydrogen (secondary N) is 1. The number of fused-ring (bicyclic) bond motifs is 1. The van der Waals surface area contributed by atoms with Crippen molar-refractivity contribution in [3.05, 3.63) is 0 Å². The fourth-order valence-corrected chi connectivity index (χ4v) is 4.40. The molecule has 3 aliphatic rings. The summed E-state index contributed by atoms with van der Waals surface area (Å²) in [5, 5.41) is 3.74. The van der Waals surface area contributed by atoms with Crippen LogP contribution in [0.25, 0.3) is 0 Å². The minimum atomic E-state index is 0.626. The smallest absolute Gasteiger partial charge is 0.0264 e. The molecular formula is C15H29N3. The summed E-state index contributed by atoms with van der Waals surface area (Å²) in [6, 6.07) is 3.11. The van der Waals surface area contributed by atoms with Gasteiger partial charge in [0.2, 0.25) is 0 Å². The number of nitrogens with zero attached hydrogens (tertiary/aromatic N) is 2. The molecule has 3 heterocycles. The fraction of sp³-hybridized carbons (Fsp3) is 1.00. The zero-order valence-electron chi connectivity index (χ0n) is 12.1. The number of hydrogen-bond donors (Lipinski definition) is 1. The van der Waals surface area contributed by atoms with Gasteiger partial charge in [0.25, 0.3) is 0 Å². The van der Waals surface area contributed by atoms with Crippen molar-refractivity contribution in [3.8, 4) is 0 Å². The first kappa shape index (κ1) is 12.9. The van der Waals surface area contributed by atoms with Gasteiger partial charge in [0.15, 0.2) is 0 Å². The molecule has 0 aromatic heterocycles. The Morgan fingerprint density at radius 3 is 2.44 bits per heavy atom. The van der Waals surface area contributed by atoms with Gasteiger partial charge in [0.1, 0.15) is 0 Å². The molecule has 3 rings (SSSR count). The van der Waals surface area contributed by atoms with Crippen molar-refractivity contribution in [2.45, 2.75) is 70.1 Å². The second-order valence-corrected chi connectivity index (χ2v) is 6.76. The number of likely N-dealkylation sites (tertiary alicyclic amines) is 1. The van der Waals surface area contributed by atoms with Crippen LogP contribution in [0.5, 0.6) is 0 Å². The predicted molar refractivity (Wildman–Crippen MR) is 75.9 cm³/mol. The molecule has 1 N–H and O–H groups in total. The lowest BCUT2D eigenvalue weighted by Gasteiger charge is -2.40. The molecule has 0 aliphatic carbocycles. The standard InChI is InChI=1S/C15H29N3/c1-12(2)16-13-5-3-9-18(11-13)15-7-10-17-8-4-6-14(15)17/h12-16H,3-11H2,1-2H3. The van der Waals surface area contributed by atoms with Gasteiger partial charge in [-0.2, -0.15) is 0 Å². The van der Waals surface area contributed by atoms with E-state index in [9.17, 15) is 0 Å². The monoisotopic (exact) mass is 251 g/mol. The van der Waals surface area contributed by atoms with E-state index in [0.29, 0.717) is 6.04 Å². The Morgan fingerprint density at radius 1 is 0.889 bits per heavy atom. The van der Waals surface area contributed by atoms with Crippen LogP contribution >= 0.6 is 0 Å². The lowest BCUT2D eigenvalue weighted by molar-refractivity contribution is 0.112. The molecule has 3 unspecified atom stereocenters. The molecule has 3 atom stereocenters. The summed E-state index contributed by atoms with van der Waals surface area (Å²) in [7, 11) is 0. The predicted octanol–water partition coefficient (Wildman–Crippen LogP) is 1.69. The maximum Gasteiger partial charge on any atom is 0.0264 e. The molecule has 3 heteroatoms. The Hall–Kier alpha value is -0.120. The van der Waals surface area contributed by atoms with E-state index in [1.54, 1.807) is 0 Å². The normalized spacial score (nSPS) is 38.5. The van der Waals surface area contributed by atoms with Crippen molar-refractivity contribution in [1.29, 1.82) is 0 Å². The summed E-state index contributed by atoms with van der Waals surface area (Å²) in [6.45, 7) is 9.88. The highest BCUT2D eigenvalue weighted by Crippen LogP contribution is 2.32. The quantitative estimate of drug-likeness (QED) is 0.823. The average Bonchev–Trinajstić information content (AvgIpc) is 2.89. The van der Waals surface area contributed by atoms with Crippen LogP contribution < -0.4 is 5.32 Å². The van der Waals surface area contributed by atoms with Crippen LogP contribution in [0, 0.1) is 0 Å². The van der Waals surface area contributed by atoms with Crippen molar-refractivity contribution in [2.75, 3.05) is 26.2 Å². The highest BCUT2D eigenvalue weighted by molar-refractivity contribution is 4.98. The Morgan fingerprint density at radius 2 is 1.61 bits per heavy atom. The molecule has 3 nitrogen and oxygen atoms in total. The molecule has 0 amide bonds. The molecule has 0 saturated carbocycles. The Balaban J connectivity index is 1.58. The van der Waals surface area contributed by atoms with E-state index in [0.717, 1.165) is 18.1 Å². The second-order valence-electron chi connectivity index (χ2n) is 6.76. The van der Waals surface area contributed by atoms with Gasteiger partial charge in [-0.1, -0.05) is 13.8 Å². The van der Waals surface area contributed by atoms with Gasteiger partial charge in [-0.3, -0.25) is 9.80 Å². The molecular weight excluding hydrogens is 222 g/mol. The van der Waals surface area contributed by atoms with Gasteiger partial charge in [-0.05, 0) is 45.2 Å². The van der Waals surface area contributed by atoms with Crippen LogP contribution in [0.4, 0.5) is 0 Å². The third-order valence-electron chi connectivity index (χ3n) is 5.06. The molecule has 0 bridgehead atoms. The van der Waals surface area contributed by atoms with Crippen molar-refractivity contribution < 1.29 is 0 Å². The lowest BCUT2D eigenvalue weighted by Crippen LogP contribution is -2.53. The first-order valence-electron chi connectivity index (χ1n) is 7.98. The summed E-state index contributed by atoms with van der Waals surface area (Å²) in [6.07, 6.45) is 7.05. The maximum absolute atomic E-state index is 3.74. The molecule has 0 aromatic rings. The van der Waals surface area contributed by atoms with Crippen LogP contribution in [0.1, 0.15) is 46.0 Å². The van der Waals surface area contributed by atoms with Gasteiger partial charge >= 0.3 is 0 Å². The van der Waals surface area contributed by atoms with Crippen LogP contribution in [0.2, 0.25) is 0 Å². The number of rotatable bonds is 3. The van der Waals surface area contributed by atoms with E-state index in [1.807, 2.05) is 0 Å². The fourth-order valence-electron chi connectivity index (χ4n) is 4.40. The van der Waals surface area contributed by atoms with Crippen molar-refractivity contribution in [3.63, 3.8) is 0 Å². The van der Waals surface area contributed by atoms with Crippen molar-refractivity contribution >= 4 is 0 Å². The second kappa shape index (κ2) is 5.48. The maximum atomic E-state index is 3.74. The van der Waals surface area contributed by atoms with Crippen molar-refractivity contribution in [2.24, 2.45) is 0 Å². The molecule has 104 valence electrons. The highest BCUT2D eigenvalue weighted by atomic mass is 15.3. The number of piperidine rings is 1. The summed E-state index contributed by atoms with van der Waals surface area (Å²) in [5.74, 6) is 0. The summed E-state index contributed by atoms with van der Waals surface area (Å²) in [4.78, 5) is 5.55. The summed E-state index contributed by atoms with van der Waals surface area (Å²) < 4.78 is 0. The van der Waals surface area contributed by atoms with Gasteiger partial charge in [0, 0.05) is 37.3 Å². The third kappa shape index (κ3) is 2.59. The lowest BCUT2D eigenvalue weighted by atomic mass is 9.98. The molecule has 0 radical (unpaired) electrons. The van der Waals surface area contributed by atoms with Crippen LogP contribution in [0.3, 0.4) is 0 Å². The highest BCUT2D eigenvalue weighted by Gasteiger charge is 2.41. The minimum absolute atomic E-state index is 0.626. The molecule has 3 aliphatic heterocycles. The molecule has 0 aromatic carbocycles. The van der Waals surface area contributed by atoms with Gasteiger partial charge in [-0.15, -0.1) is 0 Å².